The first-order chi connectivity index (χ1) is 9.13. The van der Waals surface area contributed by atoms with E-state index in [2.05, 4.69) is 33.3 Å². The average molecular weight is 326 g/mol. The fraction of sp³-hybridized carbons (Fsp3) is 0.714. The van der Waals surface area contributed by atoms with Gasteiger partial charge < -0.3 is 5.32 Å². The van der Waals surface area contributed by atoms with Gasteiger partial charge in [-0.25, -0.2) is 4.68 Å². The number of hydrogen-bond donors (Lipinski definition) is 1. The number of anilines is 1. The lowest BCUT2D eigenvalue weighted by Gasteiger charge is -2.15. The van der Waals surface area contributed by atoms with E-state index in [0.29, 0.717) is 16.4 Å². The van der Waals surface area contributed by atoms with Gasteiger partial charge >= 0.3 is 0 Å². The molecule has 0 aliphatic heterocycles. The van der Waals surface area contributed by atoms with Crippen LogP contribution < -0.4 is 10.9 Å². The van der Waals surface area contributed by atoms with Gasteiger partial charge in [-0.2, -0.15) is 5.10 Å². The summed E-state index contributed by atoms with van der Waals surface area (Å²) in [7, 11) is 0. The predicted octanol–water partition coefficient (Wildman–Crippen LogP) is 3.02. The van der Waals surface area contributed by atoms with Gasteiger partial charge in [0.2, 0.25) is 0 Å². The van der Waals surface area contributed by atoms with Crippen molar-refractivity contribution < 1.29 is 0 Å². The summed E-state index contributed by atoms with van der Waals surface area (Å²) in [6, 6.07) is 0.479. The molecule has 3 rings (SSSR count). The molecule has 0 radical (unpaired) electrons. The first-order valence-corrected chi connectivity index (χ1v) is 7.95. The molecule has 104 valence electrons. The van der Waals surface area contributed by atoms with Crippen molar-refractivity contribution >= 4 is 21.6 Å². The Morgan fingerprint density at radius 3 is 2.84 bits per heavy atom. The fourth-order valence-corrected chi connectivity index (χ4v) is 3.22. The molecule has 0 spiro atoms. The summed E-state index contributed by atoms with van der Waals surface area (Å²) in [5.41, 5.74) is 0.832. The van der Waals surface area contributed by atoms with E-state index in [4.69, 9.17) is 0 Å². The quantitative estimate of drug-likeness (QED) is 0.925. The molecule has 1 aromatic rings. The number of halogens is 1. The zero-order valence-electron chi connectivity index (χ0n) is 11.2. The van der Waals surface area contributed by atoms with Gasteiger partial charge in [0.15, 0.2) is 0 Å². The van der Waals surface area contributed by atoms with Gasteiger partial charge in [0, 0.05) is 12.6 Å². The van der Waals surface area contributed by atoms with Gasteiger partial charge in [-0.05, 0) is 59.9 Å². The van der Waals surface area contributed by atoms with Crippen LogP contribution in [-0.4, -0.2) is 15.8 Å². The van der Waals surface area contributed by atoms with Crippen molar-refractivity contribution in [1.82, 2.24) is 9.78 Å². The topological polar surface area (TPSA) is 46.9 Å². The lowest BCUT2D eigenvalue weighted by Crippen LogP contribution is -2.26. The molecule has 2 fully saturated rings. The van der Waals surface area contributed by atoms with Gasteiger partial charge in [-0.3, -0.25) is 4.79 Å². The summed E-state index contributed by atoms with van der Waals surface area (Å²) >= 11 is 3.43. The summed E-state index contributed by atoms with van der Waals surface area (Å²) in [6.45, 7) is 3.04. The monoisotopic (exact) mass is 325 g/mol. The summed E-state index contributed by atoms with van der Waals surface area (Å²) in [5.74, 6) is 1.44. The van der Waals surface area contributed by atoms with Crippen LogP contribution in [-0.2, 0) is 6.54 Å². The molecule has 2 aliphatic rings. The van der Waals surface area contributed by atoms with Crippen LogP contribution in [0.25, 0.3) is 0 Å². The molecule has 1 N–H and O–H groups in total. The van der Waals surface area contributed by atoms with Crippen LogP contribution in [0.15, 0.2) is 15.5 Å². The molecule has 5 heteroatoms. The third-order valence-corrected chi connectivity index (χ3v) is 4.93. The Kier molecular flexibility index (Phi) is 3.65. The number of nitrogens with zero attached hydrogens (tertiary/aromatic N) is 2. The smallest absolute Gasteiger partial charge is 0.283 e. The van der Waals surface area contributed by atoms with Crippen molar-refractivity contribution in [2.45, 2.75) is 51.6 Å². The molecule has 2 saturated carbocycles. The first kappa shape index (κ1) is 13.2. The maximum absolute atomic E-state index is 12.2. The van der Waals surface area contributed by atoms with Gasteiger partial charge in [0.25, 0.3) is 5.56 Å². The van der Waals surface area contributed by atoms with Crippen LogP contribution in [0.1, 0.15) is 39.0 Å². The van der Waals surface area contributed by atoms with E-state index in [-0.39, 0.29) is 5.56 Å². The molecule has 0 saturated heterocycles. The Balaban J connectivity index is 1.74. The van der Waals surface area contributed by atoms with E-state index < -0.39 is 0 Å². The molecular weight excluding hydrogens is 306 g/mol. The third-order valence-electron chi connectivity index (χ3n) is 4.17. The molecule has 0 amide bonds. The number of aromatic nitrogens is 2. The molecule has 1 aromatic heterocycles. The minimum atomic E-state index is -0.0112. The molecular formula is C14H20BrN3O. The number of rotatable bonds is 4. The lowest BCUT2D eigenvalue weighted by atomic mass is 10.1. The van der Waals surface area contributed by atoms with Crippen LogP contribution in [0.2, 0.25) is 0 Å². The number of nitrogens with one attached hydrogen (secondary N) is 1. The Morgan fingerprint density at radius 2 is 2.21 bits per heavy atom. The van der Waals surface area contributed by atoms with Gasteiger partial charge in [-0.1, -0.05) is 6.92 Å². The molecule has 2 unspecified atom stereocenters. The second-order valence-corrected chi connectivity index (χ2v) is 6.86. The normalized spacial score (nSPS) is 26.6. The predicted molar refractivity (Wildman–Crippen MR) is 79.3 cm³/mol. The molecule has 2 atom stereocenters. The van der Waals surface area contributed by atoms with Gasteiger partial charge in [0.05, 0.1) is 11.9 Å². The van der Waals surface area contributed by atoms with Crippen molar-refractivity contribution in [1.29, 1.82) is 0 Å². The highest BCUT2D eigenvalue weighted by atomic mass is 79.9. The second-order valence-electron chi connectivity index (χ2n) is 6.06. The third kappa shape index (κ3) is 3.02. The average Bonchev–Trinajstić information content (AvgIpc) is 3.11. The van der Waals surface area contributed by atoms with Gasteiger partial charge in [-0.15, -0.1) is 0 Å². The Morgan fingerprint density at radius 1 is 1.42 bits per heavy atom. The summed E-state index contributed by atoms with van der Waals surface area (Å²) in [5, 5.41) is 7.75. The standard InChI is InChI=1S/C14H20BrN3O/c1-9-2-5-11(6-9)17-12-7-16-18(8-10-3-4-10)14(19)13(12)15/h7,9-11,17H,2-6,8H2,1H3. The summed E-state index contributed by atoms with van der Waals surface area (Å²) in [6.07, 6.45) is 7.87. The van der Waals surface area contributed by atoms with Crippen molar-refractivity contribution in [2.24, 2.45) is 11.8 Å². The summed E-state index contributed by atoms with van der Waals surface area (Å²) < 4.78 is 2.22. The largest absolute Gasteiger partial charge is 0.380 e. The van der Waals surface area contributed by atoms with E-state index in [1.807, 2.05) is 0 Å². The van der Waals surface area contributed by atoms with Crippen LogP contribution in [0.4, 0.5) is 5.69 Å². The van der Waals surface area contributed by atoms with E-state index in [1.165, 1.54) is 32.1 Å². The van der Waals surface area contributed by atoms with Crippen molar-refractivity contribution in [3.8, 4) is 0 Å². The van der Waals surface area contributed by atoms with Crippen LogP contribution in [0.3, 0.4) is 0 Å². The van der Waals surface area contributed by atoms with Crippen molar-refractivity contribution in [2.75, 3.05) is 5.32 Å². The van der Waals surface area contributed by atoms with Crippen molar-refractivity contribution in [3.05, 3.63) is 21.0 Å². The highest BCUT2D eigenvalue weighted by Gasteiger charge is 2.25. The minimum absolute atomic E-state index is 0.0112. The second kappa shape index (κ2) is 5.27. The van der Waals surface area contributed by atoms with Crippen molar-refractivity contribution in [3.63, 3.8) is 0 Å². The molecule has 0 aromatic carbocycles. The number of hydrogen-bond acceptors (Lipinski definition) is 3. The van der Waals surface area contributed by atoms with Crippen LogP contribution in [0, 0.1) is 11.8 Å². The Hall–Kier alpha value is -0.840. The Bertz CT molecular complexity index is 524. The minimum Gasteiger partial charge on any atom is -0.380 e. The molecule has 0 bridgehead atoms. The highest BCUT2D eigenvalue weighted by molar-refractivity contribution is 9.10. The van der Waals surface area contributed by atoms with Gasteiger partial charge in [0.1, 0.15) is 4.47 Å². The zero-order chi connectivity index (χ0) is 13.4. The van der Waals surface area contributed by atoms with E-state index >= 15 is 0 Å². The fourth-order valence-electron chi connectivity index (χ4n) is 2.80. The summed E-state index contributed by atoms with van der Waals surface area (Å²) in [4.78, 5) is 12.2. The highest BCUT2D eigenvalue weighted by Crippen LogP contribution is 2.31. The maximum atomic E-state index is 12.2. The SMILES string of the molecule is CC1CCC(Nc2cnn(CC3CC3)c(=O)c2Br)C1. The molecule has 2 aliphatic carbocycles. The van der Waals surface area contributed by atoms with E-state index in [1.54, 1.807) is 10.9 Å². The lowest BCUT2D eigenvalue weighted by molar-refractivity contribution is 0.531. The first-order valence-electron chi connectivity index (χ1n) is 7.15. The van der Waals surface area contributed by atoms with Crippen LogP contribution in [0.5, 0.6) is 0 Å². The van der Waals surface area contributed by atoms with E-state index in [9.17, 15) is 4.79 Å². The molecule has 19 heavy (non-hydrogen) atoms. The molecule has 1 heterocycles. The molecule has 4 nitrogen and oxygen atoms in total. The Labute approximate surface area is 121 Å². The maximum Gasteiger partial charge on any atom is 0.283 e. The van der Waals surface area contributed by atoms with E-state index in [0.717, 1.165) is 18.2 Å². The van der Waals surface area contributed by atoms with Crippen LogP contribution >= 0.6 is 15.9 Å². The zero-order valence-corrected chi connectivity index (χ0v) is 12.8.